The van der Waals surface area contributed by atoms with E-state index in [-0.39, 0.29) is 18.6 Å². The van der Waals surface area contributed by atoms with Gasteiger partial charge in [-0.1, -0.05) is 48.0 Å². The number of amides is 1. The number of nitrogens with one attached hydrogen (secondary N) is 1. The normalized spacial score (nSPS) is 11.8. The van der Waals surface area contributed by atoms with Crippen molar-refractivity contribution in [2.24, 2.45) is 0 Å². The van der Waals surface area contributed by atoms with Gasteiger partial charge in [-0.15, -0.1) is 0 Å². The van der Waals surface area contributed by atoms with Crippen molar-refractivity contribution in [2.45, 2.75) is 13.0 Å². The van der Waals surface area contributed by atoms with E-state index in [0.717, 1.165) is 27.8 Å². The molecule has 0 bridgehead atoms. The van der Waals surface area contributed by atoms with Crippen molar-refractivity contribution in [2.75, 3.05) is 20.8 Å². The van der Waals surface area contributed by atoms with Gasteiger partial charge in [0, 0.05) is 29.7 Å². The zero-order chi connectivity index (χ0) is 21.8. The molecule has 0 radical (unpaired) electrons. The van der Waals surface area contributed by atoms with E-state index < -0.39 is 0 Å². The molecule has 0 aliphatic rings. The second-order valence-corrected chi connectivity index (χ2v) is 7.57. The number of nitrogens with zero attached hydrogens (tertiary/aromatic N) is 1. The molecule has 0 saturated heterocycles. The van der Waals surface area contributed by atoms with Crippen LogP contribution in [-0.4, -0.2) is 36.6 Å². The number of para-hydroxylation sites is 1. The first-order valence-corrected chi connectivity index (χ1v) is 10.2. The molecule has 1 heterocycles. The quantitative estimate of drug-likeness (QED) is 0.457. The third-order valence-electron chi connectivity index (χ3n) is 5.51. The van der Waals surface area contributed by atoms with Crippen LogP contribution in [0.1, 0.15) is 22.7 Å². The average molecular weight is 415 g/mol. The van der Waals surface area contributed by atoms with Crippen LogP contribution >= 0.6 is 0 Å². The molecule has 158 valence electrons. The van der Waals surface area contributed by atoms with Crippen LogP contribution in [0.5, 0.6) is 11.5 Å². The van der Waals surface area contributed by atoms with Crippen molar-refractivity contribution in [1.82, 2.24) is 9.88 Å². The van der Waals surface area contributed by atoms with E-state index in [0.29, 0.717) is 5.75 Å². The van der Waals surface area contributed by atoms with Gasteiger partial charge >= 0.3 is 0 Å². The molecule has 0 spiro atoms. The molecule has 1 amide bonds. The second-order valence-electron chi connectivity index (χ2n) is 7.57. The highest BCUT2D eigenvalue weighted by Crippen LogP contribution is 2.33. The number of carbonyl (C=O) groups excluding carboxylic acids is 1. The molecule has 0 saturated carbocycles. The van der Waals surface area contributed by atoms with Crippen LogP contribution in [0.15, 0.2) is 79.0 Å². The lowest BCUT2D eigenvalue weighted by Gasteiger charge is -2.29. The molecule has 5 heteroatoms. The fourth-order valence-corrected chi connectivity index (χ4v) is 3.74. The van der Waals surface area contributed by atoms with Crippen LogP contribution in [0.4, 0.5) is 0 Å². The van der Waals surface area contributed by atoms with Gasteiger partial charge in [0.25, 0.3) is 5.91 Å². The SMILES string of the molecule is COc1ccc(OCC(=O)N(C)[C@H](c2ccc(C)cc2)c2c[nH]c3ccccc23)cc1. The van der Waals surface area contributed by atoms with Crippen molar-refractivity contribution in [3.8, 4) is 11.5 Å². The van der Waals surface area contributed by atoms with Crippen LogP contribution in [-0.2, 0) is 4.79 Å². The number of fused-ring (bicyclic) bond motifs is 1. The maximum absolute atomic E-state index is 13.1. The molecule has 1 N–H and O–H groups in total. The number of methoxy groups -OCH3 is 1. The van der Waals surface area contributed by atoms with E-state index in [4.69, 9.17) is 9.47 Å². The third-order valence-corrected chi connectivity index (χ3v) is 5.51. The van der Waals surface area contributed by atoms with Gasteiger partial charge in [-0.3, -0.25) is 4.79 Å². The minimum Gasteiger partial charge on any atom is -0.497 e. The minimum atomic E-state index is -0.233. The molecular formula is C26H26N2O3. The molecule has 31 heavy (non-hydrogen) atoms. The van der Waals surface area contributed by atoms with E-state index in [1.165, 1.54) is 5.56 Å². The van der Waals surface area contributed by atoms with Gasteiger partial charge in [0.2, 0.25) is 0 Å². The van der Waals surface area contributed by atoms with Crippen molar-refractivity contribution < 1.29 is 14.3 Å². The number of hydrogen-bond donors (Lipinski definition) is 1. The topological polar surface area (TPSA) is 54.6 Å². The number of likely N-dealkylation sites (N-methyl/N-ethyl adjacent to an activating group) is 1. The van der Waals surface area contributed by atoms with E-state index in [2.05, 4.69) is 42.2 Å². The van der Waals surface area contributed by atoms with E-state index in [9.17, 15) is 4.79 Å². The fraction of sp³-hybridized carbons (Fsp3) is 0.192. The standard InChI is InChI=1S/C26H26N2O3/c1-18-8-10-19(11-9-18)26(23-16-27-24-7-5-4-6-22(23)24)28(2)25(29)17-31-21-14-12-20(30-3)13-15-21/h4-16,26-27H,17H2,1-3H3/t26-/m1/s1. The maximum atomic E-state index is 13.1. The molecule has 4 aromatic rings. The van der Waals surface area contributed by atoms with Gasteiger partial charge in [-0.05, 0) is 42.8 Å². The zero-order valence-electron chi connectivity index (χ0n) is 18.0. The first kappa shape index (κ1) is 20.5. The van der Waals surface area contributed by atoms with Crippen LogP contribution in [0.2, 0.25) is 0 Å². The van der Waals surface area contributed by atoms with E-state index >= 15 is 0 Å². The van der Waals surface area contributed by atoms with Crippen molar-refractivity contribution in [3.05, 3.63) is 95.7 Å². The molecule has 0 aliphatic heterocycles. The highest BCUT2D eigenvalue weighted by molar-refractivity contribution is 5.85. The van der Waals surface area contributed by atoms with Crippen molar-refractivity contribution >= 4 is 16.8 Å². The Hall–Kier alpha value is -3.73. The van der Waals surface area contributed by atoms with Gasteiger partial charge in [0.1, 0.15) is 11.5 Å². The first-order chi connectivity index (χ1) is 15.1. The Labute approximate surface area is 182 Å². The number of aryl methyl sites for hydroxylation is 1. The number of aromatic nitrogens is 1. The Morgan fingerprint density at radius 3 is 2.35 bits per heavy atom. The minimum absolute atomic E-state index is 0.0481. The summed E-state index contributed by atoms with van der Waals surface area (Å²) in [6.07, 6.45) is 1.99. The lowest BCUT2D eigenvalue weighted by molar-refractivity contribution is -0.133. The summed E-state index contributed by atoms with van der Waals surface area (Å²) in [7, 11) is 3.44. The number of rotatable bonds is 7. The predicted molar refractivity (Wildman–Crippen MR) is 123 cm³/mol. The molecule has 0 unspecified atom stereocenters. The molecule has 0 aliphatic carbocycles. The monoisotopic (exact) mass is 414 g/mol. The van der Waals surface area contributed by atoms with E-state index in [1.54, 1.807) is 24.1 Å². The summed E-state index contributed by atoms with van der Waals surface area (Å²) in [4.78, 5) is 18.2. The highest BCUT2D eigenvalue weighted by atomic mass is 16.5. The number of hydrogen-bond acceptors (Lipinski definition) is 3. The smallest absolute Gasteiger partial charge is 0.261 e. The number of benzene rings is 3. The van der Waals surface area contributed by atoms with Crippen molar-refractivity contribution in [1.29, 1.82) is 0 Å². The number of ether oxygens (including phenoxy) is 2. The lowest BCUT2D eigenvalue weighted by Crippen LogP contribution is -2.35. The van der Waals surface area contributed by atoms with Crippen LogP contribution in [0.3, 0.4) is 0 Å². The molecule has 4 rings (SSSR count). The fourth-order valence-electron chi connectivity index (χ4n) is 3.74. The summed E-state index contributed by atoms with van der Waals surface area (Å²) < 4.78 is 10.9. The summed E-state index contributed by atoms with van der Waals surface area (Å²) >= 11 is 0. The molecule has 3 aromatic carbocycles. The maximum Gasteiger partial charge on any atom is 0.261 e. The second kappa shape index (κ2) is 8.96. The van der Waals surface area contributed by atoms with Gasteiger partial charge in [0.05, 0.1) is 13.2 Å². The predicted octanol–water partition coefficient (Wildman–Crippen LogP) is 5.11. The third kappa shape index (κ3) is 4.40. The number of aromatic amines is 1. The Morgan fingerprint density at radius 1 is 0.968 bits per heavy atom. The summed E-state index contributed by atoms with van der Waals surface area (Å²) in [5.74, 6) is 1.27. The summed E-state index contributed by atoms with van der Waals surface area (Å²) in [6.45, 7) is 2.01. The van der Waals surface area contributed by atoms with E-state index in [1.807, 2.05) is 43.6 Å². The highest BCUT2D eigenvalue weighted by Gasteiger charge is 2.26. The van der Waals surface area contributed by atoms with Crippen LogP contribution < -0.4 is 9.47 Å². The first-order valence-electron chi connectivity index (χ1n) is 10.2. The molecule has 1 aromatic heterocycles. The van der Waals surface area contributed by atoms with Crippen LogP contribution in [0, 0.1) is 6.92 Å². The lowest BCUT2D eigenvalue weighted by atomic mass is 9.96. The number of carbonyl (C=O) groups is 1. The van der Waals surface area contributed by atoms with Gasteiger partial charge in [-0.25, -0.2) is 0 Å². The Balaban J connectivity index is 1.61. The van der Waals surface area contributed by atoms with Crippen LogP contribution in [0.25, 0.3) is 10.9 Å². The van der Waals surface area contributed by atoms with Gasteiger partial charge < -0.3 is 19.4 Å². The summed E-state index contributed by atoms with van der Waals surface area (Å²) in [6, 6.07) is 23.4. The Morgan fingerprint density at radius 2 is 1.65 bits per heavy atom. The van der Waals surface area contributed by atoms with Gasteiger partial charge in [-0.2, -0.15) is 0 Å². The molecular weight excluding hydrogens is 388 g/mol. The van der Waals surface area contributed by atoms with Gasteiger partial charge in [0.15, 0.2) is 6.61 Å². The Bertz CT molecular complexity index is 1160. The molecule has 1 atom stereocenters. The largest absolute Gasteiger partial charge is 0.497 e. The molecule has 0 fully saturated rings. The number of H-pyrrole nitrogens is 1. The zero-order valence-corrected chi connectivity index (χ0v) is 18.0. The Kier molecular flexibility index (Phi) is 5.94. The molecule has 5 nitrogen and oxygen atoms in total. The summed E-state index contributed by atoms with van der Waals surface area (Å²) in [5, 5.41) is 1.10. The summed E-state index contributed by atoms with van der Waals surface area (Å²) in [5.41, 5.74) is 4.33. The van der Waals surface area contributed by atoms with Crippen molar-refractivity contribution in [3.63, 3.8) is 0 Å². The average Bonchev–Trinajstić information content (AvgIpc) is 3.23.